The number of hydrogen-bond donors (Lipinski definition) is 0. The molecule has 0 saturated carbocycles. The number of aryl methyl sites for hydroxylation is 1. The van der Waals surface area contributed by atoms with Crippen LogP contribution in [-0.4, -0.2) is 56.0 Å². The molecule has 0 aromatic heterocycles. The van der Waals surface area contributed by atoms with Gasteiger partial charge in [0.1, 0.15) is 12.2 Å². The van der Waals surface area contributed by atoms with Crippen molar-refractivity contribution < 1.29 is 32.3 Å². The van der Waals surface area contributed by atoms with E-state index in [1.165, 1.54) is 12.1 Å². The number of nitro groups is 1. The molecule has 0 N–H and O–H groups in total. The van der Waals surface area contributed by atoms with E-state index in [9.17, 15) is 18.5 Å². The summed E-state index contributed by atoms with van der Waals surface area (Å²) in [5.74, 6) is -2.35. The molecular weight excluding hydrogens is 462 g/mol. The van der Waals surface area contributed by atoms with E-state index in [-0.39, 0.29) is 11.5 Å². The lowest BCUT2D eigenvalue weighted by Gasteiger charge is -2.29. The Balaban J connectivity index is 1.60. The van der Waals surface area contributed by atoms with Gasteiger partial charge in [0.05, 0.1) is 29.3 Å². The molecule has 0 aliphatic carbocycles. The number of nitrogens with zero attached hydrogens (tertiary/aromatic N) is 1. The Morgan fingerprint density at radius 2 is 1.76 bits per heavy atom. The van der Waals surface area contributed by atoms with Crippen LogP contribution in [0.4, 0.5) is 0 Å². The van der Waals surface area contributed by atoms with Gasteiger partial charge in [-0.3, -0.25) is 10.1 Å². The Hall–Kier alpha value is -2.37. The molecule has 0 bridgehead atoms. The minimum atomic E-state index is -3.82. The summed E-state index contributed by atoms with van der Waals surface area (Å²) in [7, 11) is -3.82. The Labute approximate surface area is 199 Å². The lowest BCUT2D eigenvalue weighted by molar-refractivity contribution is -0.490. The molecule has 2 saturated heterocycles. The van der Waals surface area contributed by atoms with Gasteiger partial charge < -0.3 is 18.9 Å². The highest BCUT2D eigenvalue weighted by Gasteiger charge is 2.58. The van der Waals surface area contributed by atoms with Crippen LogP contribution in [-0.2, 0) is 35.4 Å². The van der Waals surface area contributed by atoms with Crippen LogP contribution in [0.15, 0.2) is 59.5 Å². The van der Waals surface area contributed by atoms with E-state index in [0.29, 0.717) is 0 Å². The maximum absolute atomic E-state index is 13.1. The number of hydrogen-bond acceptors (Lipinski definition) is 8. The molecule has 10 heteroatoms. The molecule has 2 fully saturated rings. The summed E-state index contributed by atoms with van der Waals surface area (Å²) in [6, 6.07) is 15.9. The van der Waals surface area contributed by atoms with Gasteiger partial charge in [0.15, 0.2) is 21.9 Å². The van der Waals surface area contributed by atoms with Crippen LogP contribution < -0.4 is 0 Å². The molecule has 184 valence electrons. The summed E-state index contributed by atoms with van der Waals surface area (Å²) >= 11 is 0. The fraction of sp³-hybridized carbons (Fsp3) is 0.500. The first kappa shape index (κ1) is 24.7. The maximum Gasteiger partial charge on any atom is 0.210 e. The number of ether oxygens (including phenoxy) is 4. The number of benzene rings is 2. The second-order valence-electron chi connectivity index (χ2n) is 9.20. The molecule has 2 aliphatic heterocycles. The Morgan fingerprint density at radius 1 is 1.09 bits per heavy atom. The lowest BCUT2D eigenvalue weighted by atomic mass is 9.98. The summed E-state index contributed by atoms with van der Waals surface area (Å²) in [6.45, 7) is 4.97. The molecule has 0 amide bonds. The number of sulfone groups is 1. The van der Waals surface area contributed by atoms with Crippen molar-refractivity contribution in [2.75, 3.05) is 12.3 Å². The average molecular weight is 492 g/mol. The topological polar surface area (TPSA) is 114 Å². The summed E-state index contributed by atoms with van der Waals surface area (Å²) in [4.78, 5) is 11.1. The maximum atomic E-state index is 13.1. The van der Waals surface area contributed by atoms with E-state index in [4.69, 9.17) is 18.9 Å². The third kappa shape index (κ3) is 5.64. The van der Waals surface area contributed by atoms with Crippen LogP contribution in [0.3, 0.4) is 0 Å². The normalized spacial score (nSPS) is 26.8. The lowest BCUT2D eigenvalue weighted by Crippen LogP contribution is -2.44. The quantitative estimate of drug-likeness (QED) is 0.388. The first-order chi connectivity index (χ1) is 16.0. The fourth-order valence-electron chi connectivity index (χ4n) is 4.41. The van der Waals surface area contributed by atoms with Crippen molar-refractivity contribution >= 4 is 9.84 Å². The number of rotatable bonds is 9. The molecule has 34 heavy (non-hydrogen) atoms. The van der Waals surface area contributed by atoms with Crippen LogP contribution >= 0.6 is 0 Å². The molecular formula is C24H29NO8S. The molecule has 0 unspecified atom stereocenters. The molecule has 2 heterocycles. The van der Waals surface area contributed by atoms with Gasteiger partial charge in [-0.05, 0) is 38.5 Å². The first-order valence-corrected chi connectivity index (χ1v) is 12.8. The van der Waals surface area contributed by atoms with Gasteiger partial charge in [-0.2, -0.15) is 0 Å². The fourth-order valence-corrected chi connectivity index (χ4v) is 6.01. The summed E-state index contributed by atoms with van der Waals surface area (Å²) in [6.07, 6.45) is -3.09. The third-order valence-electron chi connectivity index (χ3n) is 5.97. The monoisotopic (exact) mass is 491 g/mol. The van der Waals surface area contributed by atoms with Crippen molar-refractivity contribution in [3.05, 3.63) is 75.8 Å². The first-order valence-electron chi connectivity index (χ1n) is 11.1. The zero-order valence-electron chi connectivity index (χ0n) is 19.3. The number of fused-ring (bicyclic) bond motifs is 1. The highest BCUT2D eigenvalue weighted by atomic mass is 32.2. The van der Waals surface area contributed by atoms with Gasteiger partial charge >= 0.3 is 0 Å². The molecule has 5 atom stereocenters. The van der Waals surface area contributed by atoms with Gasteiger partial charge in [-0.25, -0.2) is 8.42 Å². The van der Waals surface area contributed by atoms with E-state index in [2.05, 4.69) is 0 Å². The van der Waals surface area contributed by atoms with E-state index >= 15 is 0 Å². The van der Waals surface area contributed by atoms with Gasteiger partial charge in [-0.15, -0.1) is 0 Å². The second kappa shape index (κ2) is 9.71. The van der Waals surface area contributed by atoms with Crippen molar-refractivity contribution in [3.8, 4) is 0 Å². The average Bonchev–Trinajstić information content (AvgIpc) is 3.24. The van der Waals surface area contributed by atoms with E-state index < -0.39 is 63.4 Å². The zero-order chi connectivity index (χ0) is 24.5. The molecule has 2 aromatic carbocycles. The molecule has 2 aromatic rings. The van der Waals surface area contributed by atoms with Crippen molar-refractivity contribution in [2.45, 2.75) is 62.7 Å². The standard InChI is InChI=1S/C24H29NO8S/c1-16-9-11-19(12-10-16)34(28,29)15-18(13-25(26)27)20-21(30-14-17-7-5-4-6-8-17)22-23(31-20)33-24(2,3)32-22/h4-12,18,20-23H,13-15H2,1-3H3/t18-,20-,21+,22-,23-/m1/s1. The minimum absolute atomic E-state index is 0.111. The van der Waals surface area contributed by atoms with Crippen molar-refractivity contribution in [1.82, 2.24) is 0 Å². The highest BCUT2D eigenvalue weighted by Crippen LogP contribution is 2.41. The van der Waals surface area contributed by atoms with Gasteiger partial charge in [0.25, 0.3) is 0 Å². The summed E-state index contributed by atoms with van der Waals surface area (Å²) in [5.41, 5.74) is 1.82. The zero-order valence-corrected chi connectivity index (χ0v) is 20.1. The molecule has 2 aliphatic rings. The van der Waals surface area contributed by atoms with Crippen LogP contribution in [0.1, 0.15) is 25.0 Å². The molecule has 0 spiro atoms. The van der Waals surface area contributed by atoms with Gasteiger partial charge in [0, 0.05) is 4.92 Å². The Bertz CT molecular complexity index is 1100. The van der Waals surface area contributed by atoms with E-state index in [1.807, 2.05) is 37.3 Å². The van der Waals surface area contributed by atoms with Crippen molar-refractivity contribution in [1.29, 1.82) is 0 Å². The van der Waals surface area contributed by atoms with Crippen molar-refractivity contribution in [3.63, 3.8) is 0 Å². The SMILES string of the molecule is Cc1ccc(S(=O)(=O)C[C@@H](C[N+](=O)[O-])[C@H]2O[C@@H]3OC(C)(C)O[C@@H]3[C@H]2OCc2ccccc2)cc1. The van der Waals surface area contributed by atoms with Crippen molar-refractivity contribution in [2.24, 2.45) is 5.92 Å². The molecule has 0 radical (unpaired) electrons. The summed E-state index contributed by atoms with van der Waals surface area (Å²) < 4.78 is 50.3. The van der Waals surface area contributed by atoms with Crippen LogP contribution in [0.5, 0.6) is 0 Å². The van der Waals surface area contributed by atoms with E-state index in [0.717, 1.165) is 11.1 Å². The van der Waals surface area contributed by atoms with Crippen LogP contribution in [0.2, 0.25) is 0 Å². The van der Waals surface area contributed by atoms with E-state index in [1.54, 1.807) is 26.0 Å². The van der Waals surface area contributed by atoms with Crippen LogP contribution in [0.25, 0.3) is 0 Å². The van der Waals surface area contributed by atoms with Crippen LogP contribution in [0, 0.1) is 23.0 Å². The smallest absolute Gasteiger partial charge is 0.210 e. The largest absolute Gasteiger partial charge is 0.368 e. The highest BCUT2D eigenvalue weighted by molar-refractivity contribution is 7.91. The second-order valence-corrected chi connectivity index (χ2v) is 11.2. The van der Waals surface area contributed by atoms with Gasteiger partial charge in [-0.1, -0.05) is 48.0 Å². The predicted molar refractivity (Wildman–Crippen MR) is 122 cm³/mol. The minimum Gasteiger partial charge on any atom is -0.368 e. The Kier molecular flexibility index (Phi) is 7.07. The summed E-state index contributed by atoms with van der Waals surface area (Å²) in [5, 5.41) is 11.5. The predicted octanol–water partition coefficient (Wildman–Crippen LogP) is 3.12. The molecule has 4 rings (SSSR count). The molecule has 9 nitrogen and oxygen atoms in total. The van der Waals surface area contributed by atoms with Gasteiger partial charge in [0.2, 0.25) is 6.54 Å². The Morgan fingerprint density at radius 3 is 2.41 bits per heavy atom. The third-order valence-corrected chi connectivity index (χ3v) is 7.83.